The van der Waals surface area contributed by atoms with Crippen molar-refractivity contribution in [3.05, 3.63) is 87.9 Å². The molecule has 1 aliphatic heterocycles. The number of nitriles is 1. The number of piperazine rings is 1. The Morgan fingerprint density at radius 2 is 1.76 bits per heavy atom. The smallest absolute Gasteiger partial charge is 0.246 e. The molecule has 0 atom stereocenters. The number of carbonyl (C=O) groups is 2. The Bertz CT molecular complexity index is 1520. The number of hydrogen-bond acceptors (Lipinski definition) is 6. The van der Waals surface area contributed by atoms with E-state index in [0.717, 1.165) is 11.1 Å². The van der Waals surface area contributed by atoms with Crippen LogP contribution in [0.4, 0.5) is 0 Å². The summed E-state index contributed by atoms with van der Waals surface area (Å²) in [6, 6.07) is 18.2. The van der Waals surface area contributed by atoms with E-state index in [1.54, 1.807) is 47.4 Å². The number of halogens is 1. The molecule has 8 nitrogen and oxygen atoms in total. The van der Waals surface area contributed by atoms with Crippen LogP contribution in [-0.4, -0.2) is 55.5 Å². The molecule has 1 saturated heterocycles. The molecule has 1 aliphatic rings. The first kappa shape index (κ1) is 27.3. The SMILES string of the molecule is CC(=O)c1cccc(CC(=O)N2CCN(S(=O)(=O)c3cc(C#N)ccc3Oc3cc(C)cc(Cl)c3)CC2)c1. The lowest BCUT2D eigenvalue weighted by atomic mass is 10.1. The fraction of sp³-hybridized carbons (Fsp3) is 0.250. The number of Topliss-reactive ketones (excluding diaryl/α,β-unsaturated/α-hetero) is 1. The standard InChI is InChI=1S/C28H26ClN3O5S/c1-19-12-24(29)17-25(13-19)37-26-7-6-22(18-30)15-27(26)38(35,36)32-10-8-31(9-11-32)28(34)16-21-4-3-5-23(14-21)20(2)33/h3-7,12-15,17H,8-11,16H2,1-2H3. The maximum absolute atomic E-state index is 13.6. The molecule has 196 valence electrons. The molecule has 0 saturated carbocycles. The van der Waals surface area contributed by atoms with E-state index in [0.29, 0.717) is 16.3 Å². The van der Waals surface area contributed by atoms with Gasteiger partial charge in [0, 0.05) is 36.8 Å². The van der Waals surface area contributed by atoms with Crippen LogP contribution in [-0.2, 0) is 21.2 Å². The summed E-state index contributed by atoms with van der Waals surface area (Å²) in [4.78, 5) is 26.0. The second-order valence-electron chi connectivity index (χ2n) is 9.06. The highest BCUT2D eigenvalue weighted by Crippen LogP contribution is 2.33. The van der Waals surface area contributed by atoms with Crippen LogP contribution >= 0.6 is 11.6 Å². The Morgan fingerprint density at radius 3 is 2.42 bits per heavy atom. The number of nitrogens with zero attached hydrogens (tertiary/aromatic N) is 3. The van der Waals surface area contributed by atoms with Crippen molar-refractivity contribution < 1.29 is 22.7 Å². The molecule has 3 aromatic rings. The maximum Gasteiger partial charge on any atom is 0.246 e. The topological polar surface area (TPSA) is 108 Å². The van der Waals surface area contributed by atoms with Gasteiger partial charge in [-0.15, -0.1) is 0 Å². The fourth-order valence-corrected chi connectivity index (χ4v) is 6.10. The van der Waals surface area contributed by atoms with Crippen molar-refractivity contribution in [3.63, 3.8) is 0 Å². The first-order chi connectivity index (χ1) is 18.1. The van der Waals surface area contributed by atoms with Gasteiger partial charge in [0.1, 0.15) is 16.4 Å². The monoisotopic (exact) mass is 551 g/mol. The molecule has 0 N–H and O–H groups in total. The molecule has 1 fully saturated rings. The maximum atomic E-state index is 13.6. The van der Waals surface area contributed by atoms with Gasteiger partial charge in [-0.1, -0.05) is 29.8 Å². The molecule has 1 heterocycles. The van der Waals surface area contributed by atoms with Gasteiger partial charge < -0.3 is 9.64 Å². The first-order valence-corrected chi connectivity index (χ1v) is 13.8. The normalized spacial score (nSPS) is 14.1. The lowest BCUT2D eigenvalue weighted by Crippen LogP contribution is -2.50. The number of hydrogen-bond donors (Lipinski definition) is 0. The molecule has 0 spiro atoms. The third kappa shape index (κ3) is 6.22. The minimum Gasteiger partial charge on any atom is -0.456 e. The zero-order valence-corrected chi connectivity index (χ0v) is 22.6. The van der Waals surface area contributed by atoms with Crippen molar-refractivity contribution in [3.8, 4) is 17.6 Å². The molecular formula is C28H26ClN3O5S. The number of ether oxygens (including phenoxy) is 1. The number of aryl methyl sites for hydroxylation is 1. The number of ketones is 1. The number of rotatable bonds is 7. The third-order valence-electron chi connectivity index (χ3n) is 6.21. The van der Waals surface area contributed by atoms with Crippen molar-refractivity contribution in [1.29, 1.82) is 5.26 Å². The van der Waals surface area contributed by atoms with Crippen LogP contribution < -0.4 is 4.74 Å². The summed E-state index contributed by atoms with van der Waals surface area (Å²) in [7, 11) is -4.04. The molecule has 10 heteroatoms. The molecule has 0 unspecified atom stereocenters. The molecule has 0 radical (unpaired) electrons. The quantitative estimate of drug-likeness (QED) is 0.397. The van der Waals surface area contributed by atoms with Crippen LogP contribution in [0.5, 0.6) is 11.5 Å². The average molecular weight is 552 g/mol. The predicted octanol–water partition coefficient (Wildman–Crippen LogP) is 4.59. The molecular weight excluding hydrogens is 526 g/mol. The van der Waals surface area contributed by atoms with Gasteiger partial charge >= 0.3 is 0 Å². The second kappa shape index (κ2) is 11.4. The first-order valence-electron chi connectivity index (χ1n) is 11.9. The van der Waals surface area contributed by atoms with E-state index in [1.165, 1.54) is 29.4 Å². The van der Waals surface area contributed by atoms with Gasteiger partial charge in [-0.25, -0.2) is 8.42 Å². The zero-order valence-electron chi connectivity index (χ0n) is 21.0. The number of benzene rings is 3. The highest BCUT2D eigenvalue weighted by molar-refractivity contribution is 7.89. The Morgan fingerprint density at radius 1 is 1.03 bits per heavy atom. The summed E-state index contributed by atoms with van der Waals surface area (Å²) in [5, 5.41) is 9.83. The molecule has 1 amide bonds. The van der Waals surface area contributed by atoms with Gasteiger partial charge in [0.2, 0.25) is 15.9 Å². The van der Waals surface area contributed by atoms with Gasteiger partial charge in [-0.3, -0.25) is 9.59 Å². The molecule has 4 rings (SSSR count). The Hall–Kier alpha value is -3.71. The summed E-state index contributed by atoms with van der Waals surface area (Å²) >= 11 is 6.13. The van der Waals surface area contributed by atoms with Crippen LogP contribution in [0.15, 0.2) is 65.6 Å². The predicted molar refractivity (Wildman–Crippen MR) is 143 cm³/mol. The lowest BCUT2D eigenvalue weighted by Gasteiger charge is -2.34. The van der Waals surface area contributed by atoms with E-state index in [-0.39, 0.29) is 60.5 Å². The van der Waals surface area contributed by atoms with Gasteiger partial charge in [0.15, 0.2) is 5.78 Å². The fourth-order valence-electron chi connectivity index (χ4n) is 4.26. The summed E-state index contributed by atoms with van der Waals surface area (Å²) in [5.41, 5.74) is 2.29. The summed E-state index contributed by atoms with van der Waals surface area (Å²) < 4.78 is 34.5. The number of carbonyl (C=O) groups excluding carboxylic acids is 2. The largest absolute Gasteiger partial charge is 0.456 e. The average Bonchev–Trinajstić information content (AvgIpc) is 2.88. The summed E-state index contributed by atoms with van der Waals surface area (Å²) in [6.45, 7) is 3.93. The molecule has 38 heavy (non-hydrogen) atoms. The minimum absolute atomic E-state index is 0.0765. The number of sulfonamides is 1. The van der Waals surface area contributed by atoms with Crippen LogP contribution in [0.3, 0.4) is 0 Å². The molecule has 0 aromatic heterocycles. The van der Waals surface area contributed by atoms with Crippen molar-refractivity contribution in [2.24, 2.45) is 0 Å². The van der Waals surface area contributed by atoms with Crippen molar-refractivity contribution in [1.82, 2.24) is 9.21 Å². The van der Waals surface area contributed by atoms with Crippen molar-refractivity contribution in [2.75, 3.05) is 26.2 Å². The van der Waals surface area contributed by atoms with Gasteiger partial charge in [-0.05, 0) is 67.4 Å². The molecule has 0 bridgehead atoms. The van der Waals surface area contributed by atoms with Crippen LogP contribution in [0, 0.1) is 18.3 Å². The van der Waals surface area contributed by atoms with Gasteiger partial charge in [-0.2, -0.15) is 9.57 Å². The van der Waals surface area contributed by atoms with E-state index < -0.39 is 10.0 Å². The highest BCUT2D eigenvalue weighted by atomic mass is 35.5. The van der Waals surface area contributed by atoms with Crippen molar-refractivity contribution in [2.45, 2.75) is 25.2 Å². The Kier molecular flexibility index (Phi) is 8.17. The molecule has 0 aliphatic carbocycles. The van der Waals surface area contributed by atoms with Crippen LogP contribution in [0.1, 0.15) is 34.0 Å². The van der Waals surface area contributed by atoms with E-state index in [2.05, 4.69) is 0 Å². The second-order valence-corrected chi connectivity index (χ2v) is 11.4. The molecule has 3 aromatic carbocycles. The van der Waals surface area contributed by atoms with E-state index in [4.69, 9.17) is 16.3 Å². The van der Waals surface area contributed by atoms with E-state index in [9.17, 15) is 23.3 Å². The van der Waals surface area contributed by atoms with E-state index >= 15 is 0 Å². The van der Waals surface area contributed by atoms with E-state index in [1.807, 2.05) is 13.0 Å². The summed E-state index contributed by atoms with van der Waals surface area (Å²) in [6.07, 6.45) is 0.120. The van der Waals surface area contributed by atoms with Crippen molar-refractivity contribution >= 4 is 33.3 Å². The Labute approximate surface area is 227 Å². The number of amides is 1. The summed E-state index contributed by atoms with van der Waals surface area (Å²) in [5.74, 6) is 0.233. The van der Waals surface area contributed by atoms with Gasteiger partial charge in [0.25, 0.3) is 0 Å². The zero-order chi connectivity index (χ0) is 27.4. The van der Waals surface area contributed by atoms with Gasteiger partial charge in [0.05, 0.1) is 18.1 Å². The third-order valence-corrected chi connectivity index (χ3v) is 8.35. The van der Waals surface area contributed by atoms with Crippen LogP contribution in [0.2, 0.25) is 5.02 Å². The van der Waals surface area contributed by atoms with Crippen LogP contribution in [0.25, 0.3) is 0 Å². The highest BCUT2D eigenvalue weighted by Gasteiger charge is 2.32. The lowest BCUT2D eigenvalue weighted by molar-refractivity contribution is -0.131. The Balaban J connectivity index is 1.50. The minimum atomic E-state index is -4.04.